The first-order valence-electron chi connectivity index (χ1n) is 10.5. The molecule has 2 aliphatic rings. The highest BCUT2D eigenvalue weighted by Crippen LogP contribution is 2.40. The Labute approximate surface area is 186 Å². The van der Waals surface area contributed by atoms with Crippen molar-refractivity contribution in [3.05, 3.63) is 74.0 Å². The minimum absolute atomic E-state index is 0.0300. The number of ether oxygens (including phenoxy) is 2. The van der Waals surface area contributed by atoms with E-state index < -0.39 is 5.92 Å². The molecule has 0 bridgehead atoms. The Morgan fingerprint density at radius 3 is 2.68 bits per heavy atom. The summed E-state index contributed by atoms with van der Waals surface area (Å²) in [6, 6.07) is 11.1. The average molecular weight is 442 g/mol. The van der Waals surface area contributed by atoms with Gasteiger partial charge in [-0.25, -0.2) is 0 Å². The van der Waals surface area contributed by atoms with E-state index in [-0.39, 0.29) is 17.0 Å². The van der Waals surface area contributed by atoms with E-state index in [1.54, 1.807) is 16.7 Å². The molecule has 1 atom stereocenters. The molecule has 0 aliphatic carbocycles. The zero-order valence-electron chi connectivity index (χ0n) is 17.5. The van der Waals surface area contributed by atoms with Crippen molar-refractivity contribution in [2.75, 3.05) is 32.8 Å². The van der Waals surface area contributed by atoms with Gasteiger partial charge in [-0.2, -0.15) is 5.26 Å². The lowest BCUT2D eigenvalue weighted by Gasteiger charge is -2.28. The van der Waals surface area contributed by atoms with Crippen LogP contribution in [0.5, 0.6) is 5.75 Å². The van der Waals surface area contributed by atoms with Gasteiger partial charge in [0.05, 0.1) is 31.2 Å². The molecule has 31 heavy (non-hydrogen) atoms. The number of aromatic nitrogens is 1. The molecule has 162 valence electrons. The molecule has 1 aromatic heterocycles. The number of hydrogen-bond acceptors (Lipinski definition) is 5. The van der Waals surface area contributed by atoms with Crippen LogP contribution in [0.25, 0.3) is 0 Å². The summed E-state index contributed by atoms with van der Waals surface area (Å²) in [6.45, 7) is 7.07. The number of nitrogens with one attached hydrogen (secondary N) is 1. The van der Waals surface area contributed by atoms with Crippen molar-refractivity contribution in [2.45, 2.75) is 25.8 Å². The molecule has 1 saturated heterocycles. The summed E-state index contributed by atoms with van der Waals surface area (Å²) < 4.78 is 12.9. The van der Waals surface area contributed by atoms with Crippen molar-refractivity contribution in [2.24, 2.45) is 5.73 Å². The molecule has 1 fully saturated rings. The fourth-order valence-corrected chi connectivity index (χ4v) is 4.48. The number of allylic oxidation sites excluding steroid dienone is 1. The molecule has 0 radical (unpaired) electrons. The Balaban J connectivity index is 1.69. The second kappa shape index (κ2) is 9.15. The summed E-state index contributed by atoms with van der Waals surface area (Å²) in [5.74, 6) is -0.147. The first kappa shape index (κ1) is 21.4. The third kappa shape index (κ3) is 4.33. The minimum atomic E-state index is -0.588. The molecule has 7 nitrogen and oxygen atoms in total. The van der Waals surface area contributed by atoms with Crippen molar-refractivity contribution >= 4 is 11.6 Å². The van der Waals surface area contributed by atoms with Gasteiger partial charge in [-0.05, 0) is 24.6 Å². The number of quaternary nitrogens is 1. The maximum absolute atomic E-state index is 13.6. The van der Waals surface area contributed by atoms with Crippen LogP contribution in [-0.2, 0) is 11.3 Å². The molecule has 2 aliphatic heterocycles. The highest BCUT2D eigenvalue weighted by molar-refractivity contribution is 6.30. The number of morpholine rings is 1. The zero-order valence-corrected chi connectivity index (χ0v) is 18.2. The van der Waals surface area contributed by atoms with Gasteiger partial charge in [-0.3, -0.25) is 4.79 Å². The van der Waals surface area contributed by atoms with Gasteiger partial charge >= 0.3 is 0 Å². The highest BCUT2D eigenvalue weighted by atomic mass is 35.5. The van der Waals surface area contributed by atoms with Crippen LogP contribution >= 0.6 is 11.6 Å². The zero-order chi connectivity index (χ0) is 22.0. The van der Waals surface area contributed by atoms with E-state index >= 15 is 0 Å². The molecular weight excluding hydrogens is 416 g/mol. The average Bonchev–Trinajstić information content (AvgIpc) is 2.76. The van der Waals surface area contributed by atoms with Crippen molar-refractivity contribution in [1.29, 1.82) is 5.26 Å². The third-order valence-electron chi connectivity index (χ3n) is 6.01. The number of nitrogens with zero attached hydrogens (tertiary/aromatic N) is 2. The number of nitriles is 1. The Morgan fingerprint density at radius 1 is 1.29 bits per heavy atom. The normalized spacial score (nSPS) is 18.9. The Kier molecular flexibility index (Phi) is 6.33. The number of rotatable bonds is 5. The smallest absolute Gasteiger partial charge is 0.258 e. The van der Waals surface area contributed by atoms with Crippen LogP contribution in [0.3, 0.4) is 0 Å². The lowest BCUT2D eigenvalue weighted by molar-refractivity contribution is -0.908. The number of aryl methyl sites for hydroxylation is 1. The lowest BCUT2D eigenvalue weighted by Crippen LogP contribution is -3.14. The topological polar surface area (TPSA) is 94.7 Å². The van der Waals surface area contributed by atoms with Gasteiger partial charge < -0.3 is 24.7 Å². The van der Waals surface area contributed by atoms with Crippen LogP contribution in [-0.4, -0.2) is 37.4 Å². The maximum atomic E-state index is 13.6. The SMILES string of the molecule is Cc1cc2c(c(=O)n1CCC[NH+]1CCOCC1)[C@@H](c1ccc(Cl)cc1)C(C#N)=C(N)O2. The molecule has 2 aromatic rings. The molecule has 0 unspecified atom stereocenters. The van der Waals surface area contributed by atoms with Crippen LogP contribution in [0.4, 0.5) is 0 Å². The number of benzene rings is 1. The molecule has 0 amide bonds. The second-order valence-corrected chi connectivity index (χ2v) is 8.40. The number of halogens is 1. The quantitative estimate of drug-likeness (QED) is 0.730. The molecule has 1 aromatic carbocycles. The predicted octanol–water partition coefficient (Wildman–Crippen LogP) is 1.33. The van der Waals surface area contributed by atoms with Crippen molar-refractivity contribution < 1.29 is 14.4 Å². The first-order chi connectivity index (χ1) is 15.0. The molecule has 0 spiro atoms. The number of nitrogens with two attached hydrogens (primary N) is 1. The van der Waals surface area contributed by atoms with E-state index in [0.29, 0.717) is 22.9 Å². The summed E-state index contributed by atoms with van der Waals surface area (Å²) >= 11 is 6.05. The third-order valence-corrected chi connectivity index (χ3v) is 6.26. The number of pyridine rings is 1. The van der Waals surface area contributed by atoms with Gasteiger partial charge in [-0.15, -0.1) is 0 Å². The molecular formula is C23H26ClN4O3+. The maximum Gasteiger partial charge on any atom is 0.258 e. The Morgan fingerprint density at radius 2 is 2.00 bits per heavy atom. The van der Waals surface area contributed by atoms with Crippen LogP contribution in [0.1, 0.15) is 29.2 Å². The summed E-state index contributed by atoms with van der Waals surface area (Å²) in [6.07, 6.45) is 0.879. The number of hydrogen-bond donors (Lipinski definition) is 2. The fraction of sp³-hybridized carbons (Fsp3) is 0.391. The minimum Gasteiger partial charge on any atom is -0.440 e. The fourth-order valence-electron chi connectivity index (χ4n) is 4.35. The largest absolute Gasteiger partial charge is 0.440 e. The van der Waals surface area contributed by atoms with Gasteiger partial charge in [0.2, 0.25) is 5.88 Å². The standard InChI is InChI=1S/C23H25ClN4O3/c1-15-13-19-21(23(29)28(15)8-2-7-27-9-11-30-12-10-27)20(18(14-25)22(26)31-19)16-3-5-17(24)6-4-16/h3-6,13,20H,2,7-12,26H2,1H3/p+1/t20-/m0/s1. The van der Waals surface area contributed by atoms with Gasteiger partial charge in [0, 0.05) is 29.7 Å². The predicted molar refractivity (Wildman–Crippen MR) is 117 cm³/mol. The van der Waals surface area contributed by atoms with Crippen LogP contribution in [0, 0.1) is 18.3 Å². The Bertz CT molecular complexity index is 1100. The van der Waals surface area contributed by atoms with Gasteiger partial charge in [0.1, 0.15) is 30.5 Å². The van der Waals surface area contributed by atoms with E-state index in [1.807, 2.05) is 25.1 Å². The number of fused-ring (bicyclic) bond motifs is 1. The van der Waals surface area contributed by atoms with Crippen molar-refractivity contribution in [3.8, 4) is 11.8 Å². The molecule has 3 heterocycles. The summed E-state index contributed by atoms with van der Waals surface area (Å²) in [4.78, 5) is 15.1. The molecule has 0 saturated carbocycles. The summed E-state index contributed by atoms with van der Waals surface area (Å²) in [7, 11) is 0. The molecule has 3 N–H and O–H groups in total. The van der Waals surface area contributed by atoms with E-state index in [2.05, 4.69) is 6.07 Å². The molecule has 8 heteroatoms. The Hall–Kier alpha value is -2.79. The van der Waals surface area contributed by atoms with Gasteiger partial charge in [-0.1, -0.05) is 23.7 Å². The van der Waals surface area contributed by atoms with Gasteiger partial charge in [0.25, 0.3) is 5.56 Å². The van der Waals surface area contributed by atoms with E-state index in [4.69, 9.17) is 26.8 Å². The van der Waals surface area contributed by atoms with Crippen LogP contribution in [0.15, 0.2) is 46.6 Å². The summed E-state index contributed by atoms with van der Waals surface area (Å²) in [5.41, 5.74) is 8.17. The van der Waals surface area contributed by atoms with Crippen LogP contribution < -0.4 is 20.9 Å². The van der Waals surface area contributed by atoms with E-state index in [0.717, 1.165) is 50.5 Å². The van der Waals surface area contributed by atoms with E-state index in [1.165, 1.54) is 4.90 Å². The van der Waals surface area contributed by atoms with Crippen molar-refractivity contribution in [3.63, 3.8) is 0 Å². The van der Waals surface area contributed by atoms with Gasteiger partial charge in [0.15, 0.2) is 0 Å². The molecule has 4 rings (SSSR count). The monoisotopic (exact) mass is 441 g/mol. The summed E-state index contributed by atoms with van der Waals surface area (Å²) in [5, 5.41) is 10.3. The van der Waals surface area contributed by atoms with Crippen LogP contribution in [0.2, 0.25) is 5.02 Å². The first-order valence-corrected chi connectivity index (χ1v) is 10.9. The van der Waals surface area contributed by atoms with Crippen molar-refractivity contribution in [1.82, 2.24) is 4.57 Å². The van der Waals surface area contributed by atoms with E-state index in [9.17, 15) is 10.1 Å². The highest BCUT2D eigenvalue weighted by Gasteiger charge is 2.34. The second-order valence-electron chi connectivity index (χ2n) is 7.96. The lowest BCUT2D eigenvalue weighted by atomic mass is 9.84.